The van der Waals surface area contributed by atoms with E-state index in [1.165, 1.54) is 23.9 Å². The van der Waals surface area contributed by atoms with Gasteiger partial charge in [0.1, 0.15) is 18.2 Å². The molecular weight excluding hydrogens is 467 g/mol. The molecule has 1 fully saturated rings. The molecule has 1 aliphatic rings. The van der Waals surface area contributed by atoms with Gasteiger partial charge in [0.2, 0.25) is 0 Å². The number of hydrogen-bond donors (Lipinski definition) is 1. The van der Waals surface area contributed by atoms with Crippen LogP contribution in [0.1, 0.15) is 11.1 Å². The van der Waals surface area contributed by atoms with Gasteiger partial charge in [0, 0.05) is 10.0 Å². The quantitative estimate of drug-likeness (QED) is 0.449. The van der Waals surface area contributed by atoms with Crippen LogP contribution in [0.25, 0.3) is 6.08 Å². The Hall–Kier alpha value is -2.90. The van der Waals surface area contributed by atoms with Crippen molar-refractivity contribution in [3.8, 4) is 5.75 Å². The summed E-state index contributed by atoms with van der Waals surface area (Å²) in [5, 5.41) is 3.32. The maximum atomic E-state index is 13.1. The van der Waals surface area contributed by atoms with E-state index in [4.69, 9.17) is 4.74 Å². The lowest BCUT2D eigenvalue weighted by molar-refractivity contribution is -0.115. The molecule has 1 aliphatic heterocycles. The van der Waals surface area contributed by atoms with Crippen molar-refractivity contribution >= 4 is 50.5 Å². The van der Waals surface area contributed by atoms with E-state index in [0.717, 1.165) is 21.3 Å². The Bertz CT molecular complexity index is 1130. The first kappa shape index (κ1) is 20.4. The van der Waals surface area contributed by atoms with Gasteiger partial charge in [-0.05, 0) is 65.9 Å². The minimum Gasteiger partial charge on any atom is -0.488 e. The summed E-state index contributed by atoms with van der Waals surface area (Å²) in [7, 11) is 0. The maximum absolute atomic E-state index is 13.1. The molecule has 0 saturated carbocycles. The number of ether oxygens (including phenoxy) is 1. The van der Waals surface area contributed by atoms with Crippen molar-refractivity contribution in [2.24, 2.45) is 4.99 Å². The minimum atomic E-state index is -0.287. The molecule has 4 nitrogen and oxygen atoms in total. The lowest BCUT2D eigenvalue weighted by Gasteiger charge is -2.10. The van der Waals surface area contributed by atoms with Crippen molar-refractivity contribution in [1.29, 1.82) is 0 Å². The van der Waals surface area contributed by atoms with Gasteiger partial charge in [-0.15, -0.1) is 0 Å². The summed E-state index contributed by atoms with van der Waals surface area (Å²) in [6.45, 7) is 0.290. The van der Waals surface area contributed by atoms with Gasteiger partial charge in [0.05, 0.1) is 10.6 Å². The minimum absolute atomic E-state index is 0.209. The van der Waals surface area contributed by atoms with Crippen molar-refractivity contribution in [2.75, 3.05) is 0 Å². The summed E-state index contributed by atoms with van der Waals surface area (Å²) in [4.78, 5) is 17.4. The third-order valence-electron chi connectivity index (χ3n) is 4.20. The number of amidine groups is 1. The van der Waals surface area contributed by atoms with Gasteiger partial charge in [0.15, 0.2) is 5.17 Å². The van der Waals surface area contributed by atoms with E-state index in [2.05, 4.69) is 26.2 Å². The first-order chi connectivity index (χ1) is 14.6. The van der Waals surface area contributed by atoms with Crippen LogP contribution in [-0.2, 0) is 11.4 Å². The number of halogens is 2. The molecular formula is C23H16BrFN2O2S. The highest BCUT2D eigenvalue weighted by atomic mass is 79.9. The number of aliphatic imine (C=N–C) groups is 1. The van der Waals surface area contributed by atoms with Crippen LogP contribution in [0.3, 0.4) is 0 Å². The smallest absolute Gasteiger partial charge is 0.264 e. The Labute approximate surface area is 186 Å². The molecule has 1 saturated heterocycles. The van der Waals surface area contributed by atoms with Crippen LogP contribution in [0.5, 0.6) is 5.75 Å². The molecule has 1 amide bonds. The van der Waals surface area contributed by atoms with Gasteiger partial charge in [-0.1, -0.05) is 46.3 Å². The molecule has 0 aromatic heterocycles. The summed E-state index contributed by atoms with van der Waals surface area (Å²) in [5.74, 6) is 0.126. The second kappa shape index (κ2) is 9.28. The lowest BCUT2D eigenvalue weighted by atomic mass is 10.2. The number of hydrogen-bond acceptors (Lipinski definition) is 4. The summed E-state index contributed by atoms with van der Waals surface area (Å²) >= 11 is 4.74. The number of para-hydroxylation sites is 1. The Kier molecular flexibility index (Phi) is 6.30. The van der Waals surface area contributed by atoms with E-state index in [1.807, 2.05) is 48.5 Å². The molecule has 3 aromatic rings. The van der Waals surface area contributed by atoms with Crippen molar-refractivity contribution in [1.82, 2.24) is 5.32 Å². The van der Waals surface area contributed by atoms with Crippen LogP contribution in [0.15, 0.2) is 87.2 Å². The molecule has 1 heterocycles. The van der Waals surface area contributed by atoms with Gasteiger partial charge >= 0.3 is 0 Å². The second-order valence-electron chi connectivity index (χ2n) is 6.41. The van der Waals surface area contributed by atoms with Crippen LogP contribution in [-0.4, -0.2) is 11.1 Å². The molecule has 30 heavy (non-hydrogen) atoms. The summed E-state index contributed by atoms with van der Waals surface area (Å²) in [6, 6.07) is 21.2. The lowest BCUT2D eigenvalue weighted by Crippen LogP contribution is -2.19. The Balaban J connectivity index is 1.55. The second-order valence-corrected chi connectivity index (χ2v) is 8.36. The third-order valence-corrected chi connectivity index (χ3v) is 5.61. The fourth-order valence-corrected chi connectivity index (χ4v) is 3.96. The molecule has 0 bridgehead atoms. The maximum Gasteiger partial charge on any atom is 0.264 e. The van der Waals surface area contributed by atoms with Gasteiger partial charge in [-0.3, -0.25) is 4.79 Å². The average Bonchev–Trinajstić information content (AvgIpc) is 3.08. The molecule has 0 atom stereocenters. The van der Waals surface area contributed by atoms with E-state index in [9.17, 15) is 9.18 Å². The normalized spacial score (nSPS) is 16.1. The predicted molar refractivity (Wildman–Crippen MR) is 122 cm³/mol. The Morgan fingerprint density at radius 2 is 1.83 bits per heavy atom. The highest BCUT2D eigenvalue weighted by Crippen LogP contribution is 2.32. The predicted octanol–water partition coefficient (Wildman–Crippen LogP) is 6.06. The van der Waals surface area contributed by atoms with Crippen LogP contribution in [0.2, 0.25) is 0 Å². The molecule has 0 unspecified atom stereocenters. The SMILES string of the molecule is O=C1NC(=Nc2ccccc2)S/C1=C/c1cc(Br)ccc1OCc1ccc(F)cc1. The molecule has 4 rings (SSSR count). The van der Waals surface area contributed by atoms with E-state index < -0.39 is 0 Å². The van der Waals surface area contributed by atoms with Gasteiger partial charge in [-0.25, -0.2) is 9.38 Å². The van der Waals surface area contributed by atoms with Crippen molar-refractivity contribution in [2.45, 2.75) is 6.61 Å². The van der Waals surface area contributed by atoms with Crippen LogP contribution >= 0.6 is 27.7 Å². The standard InChI is InChI=1S/C23H16BrFN2O2S/c24-17-8-11-20(29-14-15-6-9-18(25)10-7-15)16(12-17)13-21-22(28)27-23(30-21)26-19-4-2-1-3-5-19/h1-13H,14H2,(H,26,27,28)/b21-13+. The largest absolute Gasteiger partial charge is 0.488 e. The molecule has 0 radical (unpaired) electrons. The number of carbonyl (C=O) groups excluding carboxylic acids is 1. The highest BCUT2D eigenvalue weighted by molar-refractivity contribution is 9.10. The monoisotopic (exact) mass is 482 g/mol. The van der Waals surface area contributed by atoms with Crippen molar-refractivity contribution in [3.05, 3.63) is 99.1 Å². The zero-order chi connectivity index (χ0) is 20.9. The number of nitrogens with one attached hydrogen (secondary N) is 1. The number of amides is 1. The Morgan fingerprint density at radius 1 is 1.07 bits per heavy atom. The third kappa shape index (κ3) is 5.17. The zero-order valence-electron chi connectivity index (χ0n) is 15.6. The first-order valence-electron chi connectivity index (χ1n) is 9.08. The van der Waals surface area contributed by atoms with Crippen LogP contribution in [0, 0.1) is 5.82 Å². The molecule has 0 aliphatic carbocycles. The molecule has 3 aromatic carbocycles. The van der Waals surface area contributed by atoms with E-state index in [-0.39, 0.29) is 18.3 Å². The number of nitrogens with zero attached hydrogens (tertiary/aromatic N) is 1. The summed E-state index contributed by atoms with van der Waals surface area (Å²) in [5.41, 5.74) is 2.38. The van der Waals surface area contributed by atoms with Crippen LogP contribution in [0.4, 0.5) is 10.1 Å². The Morgan fingerprint density at radius 3 is 2.60 bits per heavy atom. The topological polar surface area (TPSA) is 50.7 Å². The first-order valence-corrected chi connectivity index (χ1v) is 10.7. The van der Waals surface area contributed by atoms with Gasteiger partial charge in [0.25, 0.3) is 5.91 Å². The summed E-state index contributed by atoms with van der Waals surface area (Å²) < 4.78 is 19.9. The van der Waals surface area contributed by atoms with Gasteiger partial charge < -0.3 is 10.1 Å². The highest BCUT2D eigenvalue weighted by Gasteiger charge is 2.24. The molecule has 150 valence electrons. The fraction of sp³-hybridized carbons (Fsp3) is 0.0435. The van der Waals surface area contributed by atoms with E-state index in [0.29, 0.717) is 15.8 Å². The molecule has 7 heteroatoms. The van der Waals surface area contributed by atoms with Crippen LogP contribution < -0.4 is 10.1 Å². The van der Waals surface area contributed by atoms with Gasteiger partial charge in [-0.2, -0.15) is 0 Å². The summed E-state index contributed by atoms with van der Waals surface area (Å²) in [6.07, 6.45) is 1.78. The molecule has 1 N–H and O–H groups in total. The van der Waals surface area contributed by atoms with E-state index >= 15 is 0 Å². The number of rotatable bonds is 5. The number of thioether (sulfide) groups is 1. The van der Waals surface area contributed by atoms with Crippen molar-refractivity contribution in [3.63, 3.8) is 0 Å². The zero-order valence-corrected chi connectivity index (χ0v) is 18.0. The molecule has 0 spiro atoms. The fourth-order valence-electron chi connectivity index (χ4n) is 2.75. The number of carbonyl (C=O) groups is 1. The van der Waals surface area contributed by atoms with Crippen molar-refractivity contribution < 1.29 is 13.9 Å². The number of benzene rings is 3. The average molecular weight is 483 g/mol. The van der Waals surface area contributed by atoms with E-state index in [1.54, 1.807) is 18.2 Å².